The van der Waals surface area contributed by atoms with Gasteiger partial charge in [0.25, 0.3) is 0 Å². The van der Waals surface area contributed by atoms with Gasteiger partial charge in [-0.05, 0) is 43.5 Å². The van der Waals surface area contributed by atoms with Gasteiger partial charge in [-0.2, -0.15) is 0 Å². The van der Waals surface area contributed by atoms with Gasteiger partial charge in [0.1, 0.15) is 5.01 Å². The van der Waals surface area contributed by atoms with Crippen LogP contribution < -0.4 is 10.2 Å². The Morgan fingerprint density at radius 1 is 1.30 bits per heavy atom. The Labute approximate surface area is 164 Å². The predicted molar refractivity (Wildman–Crippen MR) is 108 cm³/mol. The Balaban J connectivity index is 1.65. The highest BCUT2D eigenvalue weighted by molar-refractivity contribution is 7.15. The first-order valence-corrected chi connectivity index (χ1v) is 10.2. The fraction of sp³-hybridized carbons (Fsp3) is 0.500. The van der Waals surface area contributed by atoms with E-state index in [4.69, 9.17) is 0 Å². The van der Waals surface area contributed by atoms with Crippen molar-refractivity contribution in [3.63, 3.8) is 0 Å². The molecule has 0 saturated carbocycles. The first kappa shape index (κ1) is 19.5. The van der Waals surface area contributed by atoms with Crippen LogP contribution in [0.5, 0.6) is 0 Å². The minimum absolute atomic E-state index is 0.0188. The molecule has 1 aromatic carbocycles. The molecule has 2 heterocycles. The summed E-state index contributed by atoms with van der Waals surface area (Å²) in [6.45, 7) is 8.67. The van der Waals surface area contributed by atoms with Crippen LogP contribution in [0.1, 0.15) is 55.2 Å². The van der Waals surface area contributed by atoms with E-state index in [0.717, 1.165) is 34.7 Å². The number of amides is 2. The van der Waals surface area contributed by atoms with Crippen LogP contribution >= 0.6 is 11.3 Å². The van der Waals surface area contributed by atoms with Crippen molar-refractivity contribution in [2.45, 2.75) is 52.9 Å². The van der Waals surface area contributed by atoms with Gasteiger partial charge in [0.05, 0.1) is 5.92 Å². The molecular formula is C20H26N4O2S. The number of nitrogens with one attached hydrogen (secondary N) is 1. The average molecular weight is 387 g/mol. The van der Waals surface area contributed by atoms with E-state index >= 15 is 0 Å². The third kappa shape index (κ3) is 4.53. The molecule has 0 bridgehead atoms. The molecule has 27 heavy (non-hydrogen) atoms. The molecule has 2 unspecified atom stereocenters. The van der Waals surface area contributed by atoms with E-state index in [0.29, 0.717) is 17.6 Å². The lowest BCUT2D eigenvalue weighted by Crippen LogP contribution is -2.28. The fourth-order valence-corrected chi connectivity index (χ4v) is 4.32. The first-order valence-electron chi connectivity index (χ1n) is 9.40. The standard InChI is InChI=1S/C20H26N4O2S/c1-5-6-14(4)19-22-23-20(27-19)21-18(26)15-10-17(25)24(11-15)16-8-12(2)7-13(3)9-16/h7-9,14-15H,5-6,10-11H2,1-4H3,(H,21,23,26). The van der Waals surface area contributed by atoms with Crippen molar-refractivity contribution < 1.29 is 9.59 Å². The Bertz CT molecular complexity index is 828. The van der Waals surface area contributed by atoms with E-state index in [9.17, 15) is 9.59 Å². The van der Waals surface area contributed by atoms with Gasteiger partial charge in [0, 0.05) is 24.6 Å². The molecule has 7 heteroatoms. The van der Waals surface area contributed by atoms with Gasteiger partial charge >= 0.3 is 0 Å². The maximum Gasteiger partial charge on any atom is 0.231 e. The zero-order valence-corrected chi connectivity index (χ0v) is 17.1. The Morgan fingerprint density at radius 2 is 2.00 bits per heavy atom. The van der Waals surface area contributed by atoms with Crippen LogP contribution in [0, 0.1) is 19.8 Å². The zero-order chi connectivity index (χ0) is 19.6. The zero-order valence-electron chi connectivity index (χ0n) is 16.3. The number of anilines is 2. The third-order valence-corrected chi connectivity index (χ3v) is 5.90. The predicted octanol–water partition coefficient (Wildman–Crippen LogP) is 4.05. The van der Waals surface area contributed by atoms with Crippen molar-refractivity contribution in [1.29, 1.82) is 0 Å². The summed E-state index contributed by atoms with van der Waals surface area (Å²) < 4.78 is 0. The van der Waals surface area contributed by atoms with Gasteiger partial charge in [-0.25, -0.2) is 0 Å². The highest BCUT2D eigenvalue weighted by Gasteiger charge is 2.35. The molecule has 1 aromatic heterocycles. The van der Waals surface area contributed by atoms with Crippen molar-refractivity contribution in [3.05, 3.63) is 34.3 Å². The number of aryl methyl sites for hydroxylation is 2. The summed E-state index contributed by atoms with van der Waals surface area (Å²) in [6, 6.07) is 6.04. The van der Waals surface area contributed by atoms with E-state index in [1.54, 1.807) is 4.90 Å². The second-order valence-electron chi connectivity index (χ2n) is 7.38. The van der Waals surface area contributed by atoms with Crippen LogP contribution in [0.3, 0.4) is 0 Å². The molecule has 1 aliphatic heterocycles. The normalized spacial score (nSPS) is 18.0. The fourth-order valence-electron chi connectivity index (χ4n) is 3.49. The van der Waals surface area contributed by atoms with Crippen LogP contribution in [0.2, 0.25) is 0 Å². The van der Waals surface area contributed by atoms with E-state index in [1.807, 2.05) is 26.0 Å². The van der Waals surface area contributed by atoms with Gasteiger partial charge in [-0.3, -0.25) is 9.59 Å². The topological polar surface area (TPSA) is 75.2 Å². The van der Waals surface area contributed by atoms with Crippen LogP contribution in [0.15, 0.2) is 18.2 Å². The number of nitrogens with zero attached hydrogens (tertiary/aromatic N) is 3. The molecule has 0 radical (unpaired) electrons. The summed E-state index contributed by atoms with van der Waals surface area (Å²) in [4.78, 5) is 26.8. The van der Waals surface area contributed by atoms with Gasteiger partial charge in [0.15, 0.2) is 0 Å². The monoisotopic (exact) mass is 386 g/mol. The SMILES string of the molecule is CCCC(C)c1nnc(NC(=O)C2CC(=O)N(c3cc(C)cc(C)c3)C2)s1. The maximum absolute atomic E-state index is 12.6. The Morgan fingerprint density at radius 3 is 2.67 bits per heavy atom. The molecule has 6 nitrogen and oxygen atoms in total. The number of rotatable bonds is 6. The molecule has 144 valence electrons. The lowest BCUT2D eigenvalue weighted by Gasteiger charge is -2.18. The second-order valence-corrected chi connectivity index (χ2v) is 8.38. The van der Waals surface area contributed by atoms with Crippen LogP contribution in [-0.4, -0.2) is 28.6 Å². The molecule has 1 saturated heterocycles. The second kappa shape index (κ2) is 8.17. The molecule has 0 aliphatic carbocycles. The molecular weight excluding hydrogens is 360 g/mol. The van der Waals surface area contributed by atoms with Crippen molar-refractivity contribution in [3.8, 4) is 0 Å². The largest absolute Gasteiger partial charge is 0.312 e. The number of hydrogen-bond acceptors (Lipinski definition) is 5. The molecule has 1 fully saturated rings. The van der Waals surface area contributed by atoms with Crippen molar-refractivity contribution in [2.24, 2.45) is 5.92 Å². The molecule has 2 aromatic rings. The van der Waals surface area contributed by atoms with Crippen LogP contribution in [0.25, 0.3) is 0 Å². The number of carbonyl (C=O) groups excluding carboxylic acids is 2. The van der Waals surface area contributed by atoms with Crippen LogP contribution in [0.4, 0.5) is 10.8 Å². The summed E-state index contributed by atoms with van der Waals surface area (Å²) in [7, 11) is 0. The number of aromatic nitrogens is 2. The highest BCUT2D eigenvalue weighted by atomic mass is 32.1. The van der Waals surface area contributed by atoms with Gasteiger partial charge < -0.3 is 10.2 Å². The van der Waals surface area contributed by atoms with Crippen molar-refractivity contribution in [2.75, 3.05) is 16.8 Å². The molecule has 0 spiro atoms. The summed E-state index contributed by atoms with van der Waals surface area (Å²) in [5, 5.41) is 12.6. The Hall–Kier alpha value is -2.28. The molecule has 2 amide bonds. The number of benzene rings is 1. The molecule has 3 rings (SSSR count). The summed E-state index contributed by atoms with van der Waals surface area (Å²) in [5.41, 5.74) is 3.07. The van der Waals surface area contributed by atoms with E-state index < -0.39 is 0 Å². The summed E-state index contributed by atoms with van der Waals surface area (Å²) in [6.07, 6.45) is 2.35. The average Bonchev–Trinajstić information content (AvgIpc) is 3.21. The van der Waals surface area contributed by atoms with Gasteiger partial charge in [-0.1, -0.05) is 37.7 Å². The Kier molecular flexibility index (Phi) is 5.89. The number of hydrogen-bond donors (Lipinski definition) is 1. The van der Waals surface area contributed by atoms with Crippen molar-refractivity contribution >= 4 is 34.0 Å². The van der Waals surface area contributed by atoms with E-state index in [2.05, 4.69) is 35.4 Å². The lowest BCUT2D eigenvalue weighted by molar-refractivity contribution is -0.122. The lowest BCUT2D eigenvalue weighted by atomic mass is 10.1. The first-order chi connectivity index (χ1) is 12.9. The van der Waals surface area contributed by atoms with Crippen molar-refractivity contribution in [1.82, 2.24) is 10.2 Å². The molecule has 1 N–H and O–H groups in total. The highest BCUT2D eigenvalue weighted by Crippen LogP contribution is 2.29. The van der Waals surface area contributed by atoms with E-state index in [1.165, 1.54) is 11.3 Å². The summed E-state index contributed by atoms with van der Waals surface area (Å²) >= 11 is 1.42. The summed E-state index contributed by atoms with van der Waals surface area (Å²) in [5.74, 6) is -0.222. The minimum Gasteiger partial charge on any atom is -0.312 e. The van der Waals surface area contributed by atoms with Gasteiger partial charge in [0.2, 0.25) is 16.9 Å². The smallest absolute Gasteiger partial charge is 0.231 e. The molecule has 1 aliphatic rings. The molecule has 2 atom stereocenters. The quantitative estimate of drug-likeness (QED) is 0.813. The minimum atomic E-state index is -0.376. The number of carbonyl (C=O) groups is 2. The van der Waals surface area contributed by atoms with Gasteiger partial charge in [-0.15, -0.1) is 10.2 Å². The van der Waals surface area contributed by atoms with Crippen LogP contribution in [-0.2, 0) is 9.59 Å². The third-order valence-electron chi connectivity index (χ3n) is 4.83. The maximum atomic E-state index is 12.6. The van der Waals surface area contributed by atoms with E-state index in [-0.39, 0.29) is 24.2 Å².